The van der Waals surface area contributed by atoms with E-state index in [1.165, 1.54) is 0 Å². The zero-order valence-electron chi connectivity index (χ0n) is 6.31. The Balaban J connectivity index is 3.93. The average molecular weight is 162 g/mol. The van der Waals surface area contributed by atoms with Gasteiger partial charge in [0.25, 0.3) is 0 Å². The van der Waals surface area contributed by atoms with Gasteiger partial charge in [-0.15, -0.1) is 10.1 Å². The largest absolute Gasteiger partial charge is 0.320 e. The molecule has 0 spiro atoms. The van der Waals surface area contributed by atoms with Crippen molar-refractivity contribution in [1.82, 2.24) is 0 Å². The van der Waals surface area contributed by atoms with Crippen LogP contribution in [0.15, 0.2) is 0 Å². The number of hydrogen-bond donors (Lipinski definition) is 1. The zero-order valence-corrected chi connectivity index (χ0v) is 6.31. The van der Waals surface area contributed by atoms with Crippen LogP contribution in [0.2, 0.25) is 0 Å². The Labute approximate surface area is 63.4 Å². The predicted octanol–water partition coefficient (Wildman–Crippen LogP) is -0.295. The van der Waals surface area contributed by atoms with Crippen molar-refractivity contribution >= 4 is 5.97 Å². The van der Waals surface area contributed by atoms with Gasteiger partial charge in [0.15, 0.2) is 0 Å². The lowest BCUT2D eigenvalue weighted by molar-refractivity contribution is -0.730. The van der Waals surface area contributed by atoms with Gasteiger partial charge in [-0.3, -0.25) is 4.79 Å². The van der Waals surface area contributed by atoms with E-state index in [0.717, 1.165) is 0 Å². The molecule has 0 saturated heterocycles. The fourth-order valence-corrected chi connectivity index (χ4v) is 0.406. The van der Waals surface area contributed by atoms with Gasteiger partial charge in [0.2, 0.25) is 0 Å². The molecule has 0 saturated carbocycles. The summed E-state index contributed by atoms with van der Waals surface area (Å²) in [6.07, 6.45) is 0. The van der Waals surface area contributed by atoms with E-state index < -0.39 is 17.1 Å². The molecule has 0 radical (unpaired) electrons. The SMILES string of the molecule is CC(C)C(N)C(=O)O[N+](=O)[O-]. The maximum Gasteiger partial charge on any atom is 0.320 e. The van der Waals surface area contributed by atoms with Crippen LogP contribution in [0.4, 0.5) is 0 Å². The van der Waals surface area contributed by atoms with E-state index in [-0.39, 0.29) is 5.92 Å². The first-order chi connectivity index (χ1) is 4.95. The van der Waals surface area contributed by atoms with Crippen LogP contribution in [0, 0.1) is 16.0 Å². The summed E-state index contributed by atoms with van der Waals surface area (Å²) in [5, 5.41) is 8.48. The molecule has 0 rings (SSSR count). The second-order valence-corrected chi connectivity index (χ2v) is 2.40. The van der Waals surface area contributed by atoms with E-state index in [2.05, 4.69) is 4.84 Å². The number of rotatable bonds is 3. The van der Waals surface area contributed by atoms with Crippen LogP contribution in [0.3, 0.4) is 0 Å². The second kappa shape index (κ2) is 3.87. The highest BCUT2D eigenvalue weighted by Gasteiger charge is 2.20. The van der Waals surface area contributed by atoms with Crippen molar-refractivity contribution in [3.8, 4) is 0 Å². The van der Waals surface area contributed by atoms with Gasteiger partial charge >= 0.3 is 11.1 Å². The minimum atomic E-state index is -1.16. The van der Waals surface area contributed by atoms with Crippen LogP contribution >= 0.6 is 0 Å². The summed E-state index contributed by atoms with van der Waals surface area (Å²) in [6.45, 7) is 3.34. The number of nitrogens with zero attached hydrogens (tertiary/aromatic N) is 1. The molecule has 0 fully saturated rings. The number of nitrogens with two attached hydrogens (primary N) is 1. The van der Waals surface area contributed by atoms with Gasteiger partial charge in [0.1, 0.15) is 0 Å². The van der Waals surface area contributed by atoms with Crippen molar-refractivity contribution in [2.75, 3.05) is 0 Å². The average Bonchev–Trinajstić information content (AvgIpc) is 1.84. The molecule has 6 nitrogen and oxygen atoms in total. The van der Waals surface area contributed by atoms with Crippen LogP contribution in [0.1, 0.15) is 13.8 Å². The quantitative estimate of drug-likeness (QED) is 0.454. The number of hydrogen-bond acceptors (Lipinski definition) is 5. The molecular formula is C5H10N2O4. The summed E-state index contributed by atoms with van der Waals surface area (Å²) in [6, 6.07) is -0.930. The molecule has 0 aromatic rings. The van der Waals surface area contributed by atoms with E-state index >= 15 is 0 Å². The Morgan fingerprint density at radius 3 is 2.36 bits per heavy atom. The third-order valence-corrected chi connectivity index (χ3v) is 1.15. The molecule has 0 aliphatic carbocycles. The standard InChI is InChI=1S/C5H10N2O4/c1-3(2)4(6)5(8)11-7(9)10/h3-4H,6H2,1-2H3. The van der Waals surface area contributed by atoms with Crippen LogP contribution in [0.5, 0.6) is 0 Å². The summed E-state index contributed by atoms with van der Waals surface area (Å²) in [5.74, 6) is -1.17. The second-order valence-electron chi connectivity index (χ2n) is 2.40. The van der Waals surface area contributed by atoms with Crippen molar-refractivity contribution in [3.05, 3.63) is 10.1 Å². The van der Waals surface area contributed by atoms with Gasteiger partial charge < -0.3 is 5.73 Å². The predicted molar refractivity (Wildman–Crippen MR) is 35.9 cm³/mol. The smallest absolute Gasteiger partial charge is 0.320 e. The fraction of sp³-hybridized carbons (Fsp3) is 0.800. The molecular weight excluding hydrogens is 152 g/mol. The van der Waals surface area contributed by atoms with Gasteiger partial charge in [-0.05, 0) is 5.92 Å². The van der Waals surface area contributed by atoms with Crippen LogP contribution in [0.25, 0.3) is 0 Å². The zero-order chi connectivity index (χ0) is 9.02. The highest BCUT2D eigenvalue weighted by Crippen LogP contribution is 1.99. The molecule has 1 unspecified atom stereocenters. The van der Waals surface area contributed by atoms with Gasteiger partial charge in [-0.25, -0.2) is 4.84 Å². The van der Waals surface area contributed by atoms with Crippen molar-refractivity contribution in [3.63, 3.8) is 0 Å². The normalized spacial score (nSPS) is 12.7. The first-order valence-electron chi connectivity index (χ1n) is 3.07. The molecule has 6 heteroatoms. The van der Waals surface area contributed by atoms with E-state index in [0.29, 0.717) is 0 Å². The highest BCUT2D eigenvalue weighted by molar-refractivity contribution is 5.74. The lowest BCUT2D eigenvalue weighted by Gasteiger charge is -2.10. The van der Waals surface area contributed by atoms with Crippen LogP contribution in [-0.4, -0.2) is 17.1 Å². The summed E-state index contributed by atoms with van der Waals surface area (Å²) < 4.78 is 0. The van der Waals surface area contributed by atoms with Crippen molar-refractivity contribution in [2.45, 2.75) is 19.9 Å². The van der Waals surface area contributed by atoms with Crippen molar-refractivity contribution in [1.29, 1.82) is 0 Å². The molecule has 0 aliphatic heterocycles. The van der Waals surface area contributed by atoms with Gasteiger partial charge in [-0.2, -0.15) is 0 Å². The number of carbonyl (C=O) groups is 1. The molecule has 0 aliphatic rings. The molecule has 0 amide bonds. The monoisotopic (exact) mass is 162 g/mol. The third-order valence-electron chi connectivity index (χ3n) is 1.15. The first kappa shape index (κ1) is 9.83. The number of carbonyl (C=O) groups excluding carboxylic acids is 1. The highest BCUT2D eigenvalue weighted by atomic mass is 17.0. The molecule has 0 bridgehead atoms. The molecule has 0 aromatic heterocycles. The Morgan fingerprint density at radius 2 is 2.09 bits per heavy atom. The van der Waals surface area contributed by atoms with Crippen molar-refractivity contribution in [2.24, 2.45) is 11.7 Å². The summed E-state index contributed by atoms with van der Waals surface area (Å²) in [5.41, 5.74) is 5.23. The van der Waals surface area contributed by atoms with Gasteiger partial charge in [0.05, 0.1) is 6.04 Å². The topological polar surface area (TPSA) is 95.5 Å². The minimum absolute atomic E-state index is 0.164. The van der Waals surface area contributed by atoms with Crippen molar-refractivity contribution < 1.29 is 14.7 Å². The summed E-state index contributed by atoms with van der Waals surface area (Å²) >= 11 is 0. The lowest BCUT2D eigenvalue weighted by Crippen LogP contribution is -2.37. The fourth-order valence-electron chi connectivity index (χ4n) is 0.406. The van der Waals surface area contributed by atoms with E-state index in [9.17, 15) is 14.9 Å². The van der Waals surface area contributed by atoms with E-state index in [4.69, 9.17) is 5.73 Å². The van der Waals surface area contributed by atoms with E-state index in [1.807, 2.05) is 0 Å². The Morgan fingerprint density at radius 1 is 1.64 bits per heavy atom. The molecule has 1 atom stereocenters. The third kappa shape index (κ3) is 3.51. The maximum atomic E-state index is 10.6. The summed E-state index contributed by atoms with van der Waals surface area (Å²) in [7, 11) is 0. The lowest BCUT2D eigenvalue weighted by atomic mass is 10.1. The molecule has 11 heavy (non-hydrogen) atoms. The first-order valence-corrected chi connectivity index (χ1v) is 3.07. The molecule has 0 aromatic carbocycles. The van der Waals surface area contributed by atoms with Crippen LogP contribution in [-0.2, 0) is 9.63 Å². The van der Waals surface area contributed by atoms with Gasteiger partial charge in [0, 0.05) is 0 Å². The molecule has 0 heterocycles. The van der Waals surface area contributed by atoms with Crippen LogP contribution < -0.4 is 5.73 Å². The van der Waals surface area contributed by atoms with E-state index in [1.54, 1.807) is 13.8 Å². The Hall–Kier alpha value is -1.17. The minimum Gasteiger partial charge on any atom is -0.320 e. The Bertz CT molecular complexity index is 168. The maximum absolute atomic E-state index is 10.6. The molecule has 64 valence electrons. The summed E-state index contributed by atoms with van der Waals surface area (Å²) in [4.78, 5) is 23.9. The van der Waals surface area contributed by atoms with Gasteiger partial charge in [-0.1, -0.05) is 13.8 Å². The molecule has 2 N–H and O–H groups in total. The Kier molecular flexibility index (Phi) is 3.46.